The Kier molecular flexibility index (Phi) is 6.00. The van der Waals surface area contributed by atoms with E-state index in [0.29, 0.717) is 6.42 Å². The van der Waals surface area contributed by atoms with Crippen LogP contribution in [-0.4, -0.2) is 11.9 Å². The molecule has 1 aliphatic carbocycles. The number of hydrogen-bond donors (Lipinski definition) is 1. The molecular formula is C14H23NO. The van der Waals surface area contributed by atoms with Gasteiger partial charge < -0.3 is 5.32 Å². The summed E-state index contributed by atoms with van der Waals surface area (Å²) in [5.74, 6) is 3.48. The first-order valence-corrected chi connectivity index (χ1v) is 6.51. The quantitative estimate of drug-likeness (QED) is 0.711. The number of carbonyl (C=O) groups excluding carboxylic acids is 1. The monoisotopic (exact) mass is 221 g/mol. The van der Waals surface area contributed by atoms with Crippen LogP contribution in [0.5, 0.6) is 0 Å². The summed E-state index contributed by atoms with van der Waals surface area (Å²) in [5, 5.41) is 2.88. The molecule has 1 atom stereocenters. The summed E-state index contributed by atoms with van der Waals surface area (Å²) >= 11 is 0. The summed E-state index contributed by atoms with van der Waals surface area (Å²) in [6.07, 6.45) is 14.5. The normalized spacial score (nSPS) is 18.8. The minimum absolute atomic E-state index is 0.0844. The average molecular weight is 221 g/mol. The topological polar surface area (TPSA) is 29.1 Å². The first-order valence-electron chi connectivity index (χ1n) is 6.51. The number of rotatable bonds is 5. The van der Waals surface area contributed by atoms with Gasteiger partial charge in [0, 0.05) is 6.42 Å². The van der Waals surface area contributed by atoms with Gasteiger partial charge in [0.05, 0.1) is 6.04 Å². The van der Waals surface area contributed by atoms with Gasteiger partial charge in [-0.1, -0.05) is 44.9 Å². The number of amides is 1. The first kappa shape index (κ1) is 13.1. The van der Waals surface area contributed by atoms with Crippen LogP contribution < -0.4 is 5.32 Å². The van der Waals surface area contributed by atoms with Gasteiger partial charge in [-0.15, -0.1) is 6.42 Å². The molecule has 1 amide bonds. The molecule has 16 heavy (non-hydrogen) atoms. The van der Waals surface area contributed by atoms with E-state index in [-0.39, 0.29) is 11.9 Å². The maximum atomic E-state index is 11.6. The number of hydrogen-bond acceptors (Lipinski definition) is 1. The molecule has 0 aromatic rings. The summed E-state index contributed by atoms with van der Waals surface area (Å²) < 4.78 is 0. The van der Waals surface area contributed by atoms with Crippen LogP contribution in [0.25, 0.3) is 0 Å². The third-order valence-electron chi connectivity index (χ3n) is 3.45. The lowest BCUT2D eigenvalue weighted by atomic mass is 9.86. The molecule has 2 heteroatoms. The van der Waals surface area contributed by atoms with E-state index in [4.69, 9.17) is 6.42 Å². The van der Waals surface area contributed by atoms with Crippen LogP contribution in [0.1, 0.15) is 58.3 Å². The van der Waals surface area contributed by atoms with Crippen LogP contribution in [-0.2, 0) is 4.79 Å². The summed E-state index contributed by atoms with van der Waals surface area (Å²) in [7, 11) is 0. The third-order valence-corrected chi connectivity index (χ3v) is 3.45. The van der Waals surface area contributed by atoms with E-state index in [2.05, 4.69) is 11.2 Å². The molecule has 0 aromatic heterocycles. The van der Waals surface area contributed by atoms with Crippen molar-refractivity contribution in [3.05, 3.63) is 0 Å². The standard InChI is InChI=1S/C14H23NO/c1-3-13(4-2)15-14(16)11-10-12-8-6-5-7-9-12/h1,12-13H,4-11H2,2H3,(H,15,16). The minimum Gasteiger partial charge on any atom is -0.342 e. The van der Waals surface area contributed by atoms with Crippen molar-refractivity contribution in [2.24, 2.45) is 5.92 Å². The van der Waals surface area contributed by atoms with E-state index in [9.17, 15) is 4.79 Å². The molecule has 1 aliphatic rings. The second-order valence-corrected chi connectivity index (χ2v) is 4.74. The predicted molar refractivity (Wildman–Crippen MR) is 66.9 cm³/mol. The maximum absolute atomic E-state index is 11.6. The van der Waals surface area contributed by atoms with E-state index >= 15 is 0 Å². The van der Waals surface area contributed by atoms with Gasteiger partial charge in [0.2, 0.25) is 5.91 Å². The number of terminal acetylenes is 1. The lowest BCUT2D eigenvalue weighted by Gasteiger charge is -2.21. The molecule has 1 unspecified atom stereocenters. The fraction of sp³-hybridized carbons (Fsp3) is 0.786. The van der Waals surface area contributed by atoms with Crippen LogP contribution in [0.2, 0.25) is 0 Å². The predicted octanol–water partition coefficient (Wildman–Crippen LogP) is 2.87. The number of nitrogens with one attached hydrogen (secondary N) is 1. The largest absolute Gasteiger partial charge is 0.342 e. The van der Waals surface area contributed by atoms with Gasteiger partial charge in [-0.3, -0.25) is 4.79 Å². The number of carbonyl (C=O) groups is 1. The van der Waals surface area contributed by atoms with E-state index in [1.807, 2.05) is 6.92 Å². The van der Waals surface area contributed by atoms with Crippen molar-refractivity contribution in [1.82, 2.24) is 5.32 Å². The molecule has 0 bridgehead atoms. The van der Waals surface area contributed by atoms with Crippen LogP contribution in [0.15, 0.2) is 0 Å². The van der Waals surface area contributed by atoms with Gasteiger partial charge in [-0.25, -0.2) is 0 Å². The molecule has 0 heterocycles. The zero-order valence-electron chi connectivity index (χ0n) is 10.3. The molecule has 0 spiro atoms. The van der Waals surface area contributed by atoms with E-state index in [0.717, 1.165) is 18.8 Å². The lowest BCUT2D eigenvalue weighted by Crippen LogP contribution is -2.33. The molecule has 0 aliphatic heterocycles. The van der Waals surface area contributed by atoms with E-state index in [1.165, 1.54) is 32.1 Å². The van der Waals surface area contributed by atoms with Gasteiger partial charge in [0.25, 0.3) is 0 Å². The zero-order valence-corrected chi connectivity index (χ0v) is 10.3. The van der Waals surface area contributed by atoms with Crippen molar-refractivity contribution in [3.8, 4) is 12.3 Å². The van der Waals surface area contributed by atoms with Crippen LogP contribution in [0.4, 0.5) is 0 Å². The van der Waals surface area contributed by atoms with Crippen molar-refractivity contribution in [2.75, 3.05) is 0 Å². The van der Waals surface area contributed by atoms with Gasteiger partial charge in [-0.05, 0) is 18.8 Å². The Hall–Kier alpha value is -0.970. The Bertz CT molecular complexity index is 248. The Morgan fingerprint density at radius 1 is 1.44 bits per heavy atom. The van der Waals surface area contributed by atoms with Crippen molar-refractivity contribution in [3.63, 3.8) is 0 Å². The second kappa shape index (κ2) is 7.33. The Morgan fingerprint density at radius 3 is 2.69 bits per heavy atom. The summed E-state index contributed by atoms with van der Waals surface area (Å²) in [6.45, 7) is 1.99. The first-order chi connectivity index (χ1) is 7.76. The lowest BCUT2D eigenvalue weighted by molar-refractivity contribution is -0.121. The fourth-order valence-corrected chi connectivity index (χ4v) is 2.34. The summed E-state index contributed by atoms with van der Waals surface area (Å²) in [6, 6.07) is -0.0844. The summed E-state index contributed by atoms with van der Waals surface area (Å²) in [5.41, 5.74) is 0. The van der Waals surface area contributed by atoms with E-state index in [1.54, 1.807) is 0 Å². The highest BCUT2D eigenvalue weighted by Gasteiger charge is 2.15. The molecule has 2 nitrogen and oxygen atoms in total. The minimum atomic E-state index is -0.0844. The maximum Gasteiger partial charge on any atom is 0.220 e. The SMILES string of the molecule is C#CC(CC)NC(=O)CCC1CCCCC1. The highest BCUT2D eigenvalue weighted by molar-refractivity contribution is 5.76. The van der Waals surface area contributed by atoms with Gasteiger partial charge >= 0.3 is 0 Å². The molecule has 0 radical (unpaired) electrons. The molecule has 0 saturated heterocycles. The molecule has 0 aromatic carbocycles. The Morgan fingerprint density at radius 2 is 2.12 bits per heavy atom. The highest BCUT2D eigenvalue weighted by Crippen LogP contribution is 2.27. The highest BCUT2D eigenvalue weighted by atomic mass is 16.1. The molecule has 1 N–H and O–H groups in total. The third kappa shape index (κ3) is 4.70. The fourth-order valence-electron chi connectivity index (χ4n) is 2.34. The molecule has 1 fully saturated rings. The molecule has 90 valence electrons. The van der Waals surface area contributed by atoms with Crippen molar-refractivity contribution in [2.45, 2.75) is 64.3 Å². The smallest absolute Gasteiger partial charge is 0.220 e. The molecule has 1 rings (SSSR count). The van der Waals surface area contributed by atoms with Gasteiger partial charge in [0.1, 0.15) is 0 Å². The van der Waals surface area contributed by atoms with Gasteiger partial charge in [0.15, 0.2) is 0 Å². The van der Waals surface area contributed by atoms with Crippen LogP contribution >= 0.6 is 0 Å². The average Bonchev–Trinajstić information content (AvgIpc) is 2.34. The van der Waals surface area contributed by atoms with Crippen molar-refractivity contribution >= 4 is 5.91 Å². The zero-order chi connectivity index (χ0) is 11.8. The van der Waals surface area contributed by atoms with Gasteiger partial charge in [-0.2, -0.15) is 0 Å². The molecule has 1 saturated carbocycles. The van der Waals surface area contributed by atoms with Crippen molar-refractivity contribution < 1.29 is 4.79 Å². The Labute approximate surface area is 99.2 Å². The summed E-state index contributed by atoms with van der Waals surface area (Å²) in [4.78, 5) is 11.6. The molecular weight excluding hydrogens is 198 g/mol. The van der Waals surface area contributed by atoms with Crippen LogP contribution in [0, 0.1) is 18.3 Å². The van der Waals surface area contributed by atoms with Crippen molar-refractivity contribution in [1.29, 1.82) is 0 Å². The Balaban J connectivity index is 2.16. The van der Waals surface area contributed by atoms with Crippen LogP contribution in [0.3, 0.4) is 0 Å². The van der Waals surface area contributed by atoms with E-state index < -0.39 is 0 Å². The second-order valence-electron chi connectivity index (χ2n) is 4.74.